The minimum atomic E-state index is -0.257. The normalized spacial score (nSPS) is 16.0. The van der Waals surface area contributed by atoms with Crippen LogP contribution in [0.15, 0.2) is 48.5 Å². The molecule has 142 valence electrons. The predicted octanol–water partition coefficient (Wildman–Crippen LogP) is 3.18. The number of hydrogen-bond acceptors (Lipinski definition) is 4. The molecule has 1 amide bonds. The summed E-state index contributed by atoms with van der Waals surface area (Å²) in [5, 5.41) is 2.91. The highest BCUT2D eigenvalue weighted by molar-refractivity contribution is 5.97. The highest BCUT2D eigenvalue weighted by Gasteiger charge is 2.25. The fraction of sp³-hybridized carbons (Fsp3) is 0.333. The van der Waals surface area contributed by atoms with E-state index in [0.29, 0.717) is 11.3 Å². The molecule has 3 rings (SSSR count). The van der Waals surface area contributed by atoms with Gasteiger partial charge in [-0.05, 0) is 62.4 Å². The summed E-state index contributed by atoms with van der Waals surface area (Å²) in [5.74, 6) is -0.305. The molecule has 0 saturated carbocycles. The van der Waals surface area contributed by atoms with Crippen molar-refractivity contribution in [2.45, 2.75) is 19.9 Å². The van der Waals surface area contributed by atoms with E-state index in [1.807, 2.05) is 6.92 Å². The van der Waals surface area contributed by atoms with Crippen molar-refractivity contribution in [2.75, 3.05) is 36.4 Å². The monoisotopic (exact) mass is 369 g/mol. The Bertz CT molecular complexity index is 797. The lowest BCUT2D eigenvalue weighted by Crippen LogP contribution is -2.52. The van der Waals surface area contributed by atoms with Crippen molar-refractivity contribution in [3.8, 4) is 0 Å². The average Bonchev–Trinajstić information content (AvgIpc) is 2.68. The van der Waals surface area contributed by atoms with Gasteiger partial charge in [-0.25, -0.2) is 4.39 Å². The lowest BCUT2D eigenvalue weighted by atomic mass is 10.1. The molecule has 0 aliphatic carbocycles. The van der Waals surface area contributed by atoms with Crippen LogP contribution in [0.25, 0.3) is 0 Å². The summed E-state index contributed by atoms with van der Waals surface area (Å²) >= 11 is 0. The molecule has 1 fully saturated rings. The molecule has 1 saturated heterocycles. The Hall–Kier alpha value is -2.73. The number of carbonyl (C=O) groups excluding carboxylic acids is 2. The molecule has 5 nitrogen and oxygen atoms in total. The molecule has 1 aliphatic heterocycles. The molecular formula is C21H24FN3O2. The van der Waals surface area contributed by atoms with Gasteiger partial charge in [0, 0.05) is 43.1 Å². The van der Waals surface area contributed by atoms with Gasteiger partial charge in [0.1, 0.15) is 5.82 Å². The van der Waals surface area contributed by atoms with Gasteiger partial charge in [-0.1, -0.05) is 0 Å². The maximum atomic E-state index is 13.1. The number of nitrogens with zero attached hydrogens (tertiary/aromatic N) is 2. The molecule has 1 heterocycles. The second-order valence-corrected chi connectivity index (χ2v) is 6.80. The zero-order chi connectivity index (χ0) is 19.4. The van der Waals surface area contributed by atoms with Crippen molar-refractivity contribution in [3.63, 3.8) is 0 Å². The zero-order valence-electron chi connectivity index (χ0n) is 15.6. The first kappa shape index (κ1) is 19.0. The Kier molecular flexibility index (Phi) is 5.86. The van der Waals surface area contributed by atoms with Gasteiger partial charge in [0.2, 0.25) is 5.91 Å². The quantitative estimate of drug-likeness (QED) is 0.823. The lowest BCUT2D eigenvalue weighted by Gasteiger charge is -2.38. The summed E-state index contributed by atoms with van der Waals surface area (Å²) in [7, 11) is 0. The van der Waals surface area contributed by atoms with E-state index in [9.17, 15) is 14.0 Å². The predicted molar refractivity (Wildman–Crippen MR) is 105 cm³/mol. The first-order valence-electron chi connectivity index (χ1n) is 9.10. The van der Waals surface area contributed by atoms with E-state index in [1.165, 1.54) is 19.1 Å². The number of rotatable bonds is 5. The molecule has 0 radical (unpaired) electrons. The summed E-state index contributed by atoms with van der Waals surface area (Å²) in [5.41, 5.74) is 2.30. The van der Waals surface area contributed by atoms with Crippen LogP contribution in [0.1, 0.15) is 24.2 Å². The molecule has 2 aromatic carbocycles. The van der Waals surface area contributed by atoms with Crippen LogP contribution in [0.4, 0.5) is 15.8 Å². The van der Waals surface area contributed by atoms with Crippen molar-refractivity contribution in [1.82, 2.24) is 4.90 Å². The number of halogens is 1. The minimum Gasteiger partial charge on any atom is -0.369 e. The van der Waals surface area contributed by atoms with Crippen molar-refractivity contribution >= 4 is 23.1 Å². The topological polar surface area (TPSA) is 52.7 Å². The number of Topliss-reactive ketones (excluding diaryl/α,β-unsaturated/α-hetero) is 1. The first-order chi connectivity index (χ1) is 12.9. The van der Waals surface area contributed by atoms with Crippen molar-refractivity contribution in [2.24, 2.45) is 0 Å². The van der Waals surface area contributed by atoms with Gasteiger partial charge in [-0.3, -0.25) is 14.5 Å². The number of anilines is 2. The van der Waals surface area contributed by atoms with Crippen LogP contribution in [0, 0.1) is 5.82 Å². The SMILES string of the molecule is CC(=O)c1ccc(NC(=O)C(C)N2CCN(c3ccc(F)cc3)CC2)cc1. The smallest absolute Gasteiger partial charge is 0.241 e. The van der Waals surface area contributed by atoms with Crippen LogP contribution in [-0.2, 0) is 4.79 Å². The van der Waals surface area contributed by atoms with E-state index in [0.717, 1.165) is 31.9 Å². The van der Waals surface area contributed by atoms with Crippen LogP contribution in [-0.4, -0.2) is 48.8 Å². The van der Waals surface area contributed by atoms with Crippen LogP contribution in [0.3, 0.4) is 0 Å². The molecule has 6 heteroatoms. The maximum Gasteiger partial charge on any atom is 0.241 e. The van der Waals surface area contributed by atoms with Gasteiger partial charge in [-0.15, -0.1) is 0 Å². The third-order valence-electron chi connectivity index (χ3n) is 4.99. The molecule has 0 spiro atoms. The molecule has 2 aromatic rings. The number of piperazine rings is 1. The second-order valence-electron chi connectivity index (χ2n) is 6.80. The number of nitrogens with one attached hydrogen (secondary N) is 1. The largest absolute Gasteiger partial charge is 0.369 e. The molecule has 0 aromatic heterocycles. The molecular weight excluding hydrogens is 345 g/mol. The number of amides is 1. The summed E-state index contributed by atoms with van der Waals surface area (Å²) in [6.45, 7) is 6.51. The van der Waals surface area contributed by atoms with Crippen LogP contribution >= 0.6 is 0 Å². The van der Waals surface area contributed by atoms with Crippen LogP contribution in [0.5, 0.6) is 0 Å². The minimum absolute atomic E-state index is 0.000250. The van der Waals surface area contributed by atoms with Gasteiger partial charge in [0.15, 0.2) is 5.78 Å². The van der Waals surface area contributed by atoms with Crippen molar-refractivity contribution < 1.29 is 14.0 Å². The van der Waals surface area contributed by atoms with Crippen LogP contribution < -0.4 is 10.2 Å². The van der Waals surface area contributed by atoms with E-state index < -0.39 is 0 Å². The lowest BCUT2D eigenvalue weighted by molar-refractivity contribution is -0.120. The van der Waals surface area contributed by atoms with Crippen molar-refractivity contribution in [3.05, 3.63) is 59.9 Å². The number of benzene rings is 2. The van der Waals surface area contributed by atoms with Crippen molar-refractivity contribution in [1.29, 1.82) is 0 Å². The number of ketones is 1. The van der Waals surface area contributed by atoms with Gasteiger partial charge in [0.25, 0.3) is 0 Å². The molecule has 1 atom stereocenters. The maximum absolute atomic E-state index is 13.1. The third-order valence-corrected chi connectivity index (χ3v) is 4.99. The highest BCUT2D eigenvalue weighted by Crippen LogP contribution is 2.18. The fourth-order valence-electron chi connectivity index (χ4n) is 3.22. The Morgan fingerprint density at radius 3 is 2.11 bits per heavy atom. The molecule has 27 heavy (non-hydrogen) atoms. The summed E-state index contributed by atoms with van der Waals surface area (Å²) < 4.78 is 13.1. The molecule has 1 N–H and O–H groups in total. The number of carbonyl (C=O) groups is 2. The van der Waals surface area contributed by atoms with Gasteiger partial charge >= 0.3 is 0 Å². The molecule has 1 aliphatic rings. The van der Waals surface area contributed by atoms with E-state index in [2.05, 4.69) is 15.1 Å². The Morgan fingerprint density at radius 1 is 0.963 bits per heavy atom. The van der Waals surface area contributed by atoms with E-state index in [4.69, 9.17) is 0 Å². The van der Waals surface area contributed by atoms with Gasteiger partial charge < -0.3 is 10.2 Å². The first-order valence-corrected chi connectivity index (χ1v) is 9.10. The van der Waals surface area contributed by atoms with E-state index in [1.54, 1.807) is 36.4 Å². The fourth-order valence-corrected chi connectivity index (χ4v) is 3.22. The highest BCUT2D eigenvalue weighted by atomic mass is 19.1. The summed E-state index contributed by atoms with van der Waals surface area (Å²) in [6, 6.07) is 13.2. The second kappa shape index (κ2) is 8.31. The van der Waals surface area contributed by atoms with Gasteiger partial charge in [-0.2, -0.15) is 0 Å². The average molecular weight is 369 g/mol. The molecule has 0 bridgehead atoms. The van der Waals surface area contributed by atoms with Gasteiger partial charge in [0.05, 0.1) is 6.04 Å². The summed E-state index contributed by atoms with van der Waals surface area (Å²) in [4.78, 5) is 28.2. The van der Waals surface area contributed by atoms with Crippen LogP contribution in [0.2, 0.25) is 0 Å². The number of hydrogen-bond donors (Lipinski definition) is 1. The Balaban J connectivity index is 1.53. The summed E-state index contributed by atoms with van der Waals surface area (Å²) in [6.07, 6.45) is 0. The standard InChI is InChI=1S/C21H24FN3O2/c1-15(21(27)23-19-7-3-17(4-8-19)16(2)26)24-11-13-25(14-12-24)20-9-5-18(22)6-10-20/h3-10,15H,11-14H2,1-2H3,(H,23,27). The molecule has 1 unspecified atom stereocenters. The Morgan fingerprint density at radius 2 is 1.56 bits per heavy atom. The van der Waals surface area contributed by atoms with E-state index >= 15 is 0 Å². The third kappa shape index (κ3) is 4.71. The Labute approximate surface area is 158 Å². The van der Waals surface area contributed by atoms with E-state index in [-0.39, 0.29) is 23.5 Å². The zero-order valence-corrected chi connectivity index (χ0v) is 15.6.